The number of benzene rings is 3. The van der Waals surface area contributed by atoms with Gasteiger partial charge in [0.1, 0.15) is 17.4 Å². The summed E-state index contributed by atoms with van der Waals surface area (Å²) in [5.41, 5.74) is 1.46. The first-order valence-corrected chi connectivity index (χ1v) is 16.8. The summed E-state index contributed by atoms with van der Waals surface area (Å²) >= 11 is 6.70. The molecule has 2 saturated heterocycles. The van der Waals surface area contributed by atoms with E-state index in [2.05, 4.69) is 0 Å². The van der Waals surface area contributed by atoms with Crippen LogP contribution in [0.3, 0.4) is 0 Å². The summed E-state index contributed by atoms with van der Waals surface area (Å²) in [5, 5.41) is 11.2. The van der Waals surface area contributed by atoms with Crippen LogP contribution in [-0.2, 0) is 25.5 Å². The molecular weight excluding hydrogens is 630 g/mol. The van der Waals surface area contributed by atoms with E-state index in [-0.39, 0.29) is 25.0 Å². The SMILES string of the molecule is CCOc1ccc(N2CC=C[C@H]3O[C@]45C=CCN(c6c(C)cccc6Cl)C(=O)C4N([C@@H](CO)Cc4ccccc4)C(=O)[C@@H]5[C@H]3C2=O)cc1. The number of aryl methyl sites for hydroxylation is 1. The molecule has 4 aliphatic rings. The molecule has 1 spiro atoms. The van der Waals surface area contributed by atoms with Crippen molar-refractivity contribution in [3.05, 3.63) is 113 Å². The van der Waals surface area contributed by atoms with Crippen molar-refractivity contribution >= 4 is 40.7 Å². The van der Waals surface area contributed by atoms with Crippen LogP contribution < -0.4 is 14.5 Å². The summed E-state index contributed by atoms with van der Waals surface area (Å²) in [6.07, 6.45) is 6.92. The number of aliphatic hydroxyl groups excluding tert-OH is 1. The number of amides is 3. The van der Waals surface area contributed by atoms with E-state index in [0.717, 1.165) is 11.1 Å². The van der Waals surface area contributed by atoms with Gasteiger partial charge >= 0.3 is 0 Å². The Morgan fingerprint density at radius 2 is 1.69 bits per heavy atom. The van der Waals surface area contributed by atoms with E-state index in [1.807, 2.05) is 98.8 Å². The Balaban J connectivity index is 1.33. The lowest BCUT2D eigenvalue weighted by atomic mass is 9.77. The molecule has 3 amide bonds. The number of fused-ring (bicyclic) bond motifs is 2. The van der Waals surface area contributed by atoms with E-state index in [4.69, 9.17) is 21.1 Å². The monoisotopic (exact) mass is 667 g/mol. The second-order valence-corrected chi connectivity index (χ2v) is 13.1. The van der Waals surface area contributed by atoms with Crippen LogP contribution >= 0.6 is 11.6 Å². The highest BCUT2D eigenvalue weighted by molar-refractivity contribution is 6.34. The minimum Gasteiger partial charge on any atom is -0.494 e. The van der Waals surface area contributed by atoms with Gasteiger partial charge in [0.15, 0.2) is 0 Å². The zero-order chi connectivity index (χ0) is 33.6. The number of ether oxygens (including phenoxy) is 2. The smallest absolute Gasteiger partial charge is 0.253 e. The Morgan fingerprint density at radius 3 is 2.40 bits per heavy atom. The quantitative estimate of drug-likeness (QED) is 0.349. The number of aliphatic hydroxyl groups is 1. The van der Waals surface area contributed by atoms with Gasteiger partial charge in [0, 0.05) is 18.8 Å². The third-order valence-corrected chi connectivity index (χ3v) is 10.2. The summed E-state index contributed by atoms with van der Waals surface area (Å²) in [6.45, 7) is 4.42. The Kier molecular flexibility index (Phi) is 8.62. The van der Waals surface area contributed by atoms with E-state index in [0.29, 0.717) is 41.7 Å². The number of hydrogen-bond acceptors (Lipinski definition) is 6. The summed E-state index contributed by atoms with van der Waals surface area (Å²) in [4.78, 5) is 49.2. The normalized spacial score (nSPS) is 27.0. The molecule has 48 heavy (non-hydrogen) atoms. The number of carbonyl (C=O) groups excluding carboxylic acids is 3. The minimum atomic E-state index is -1.46. The Hall–Kier alpha value is -4.44. The largest absolute Gasteiger partial charge is 0.494 e. The van der Waals surface area contributed by atoms with Crippen LogP contribution in [0, 0.1) is 18.8 Å². The fourth-order valence-electron chi connectivity index (χ4n) is 7.89. The second-order valence-electron chi connectivity index (χ2n) is 12.7. The maximum atomic E-state index is 15.0. The van der Waals surface area contributed by atoms with Gasteiger partial charge in [-0.05, 0) is 61.7 Å². The zero-order valence-corrected chi connectivity index (χ0v) is 27.6. The maximum Gasteiger partial charge on any atom is 0.253 e. The Labute approximate surface area is 285 Å². The van der Waals surface area contributed by atoms with E-state index >= 15 is 0 Å². The van der Waals surface area contributed by atoms with Crippen molar-refractivity contribution in [1.82, 2.24) is 4.90 Å². The van der Waals surface area contributed by atoms with E-state index in [9.17, 15) is 19.5 Å². The van der Waals surface area contributed by atoms with Gasteiger partial charge in [0.2, 0.25) is 11.8 Å². The van der Waals surface area contributed by atoms with Gasteiger partial charge in [0.25, 0.3) is 5.91 Å². The molecular formula is C38H38ClN3O6. The van der Waals surface area contributed by atoms with E-state index in [1.165, 1.54) is 4.90 Å². The molecule has 2 fully saturated rings. The number of para-hydroxylation sites is 1. The fourth-order valence-corrected chi connectivity index (χ4v) is 8.22. The fraction of sp³-hybridized carbons (Fsp3) is 0.342. The van der Waals surface area contributed by atoms with Crippen LogP contribution in [0.15, 0.2) is 97.1 Å². The molecule has 1 N–H and O–H groups in total. The lowest BCUT2D eigenvalue weighted by Crippen LogP contribution is -2.58. The molecule has 248 valence electrons. The lowest BCUT2D eigenvalue weighted by molar-refractivity contribution is -0.144. The first-order chi connectivity index (χ1) is 23.3. The van der Waals surface area contributed by atoms with Crippen LogP contribution in [-0.4, -0.2) is 77.8 Å². The molecule has 0 aromatic heterocycles. The molecule has 0 saturated carbocycles. The lowest BCUT2D eigenvalue weighted by Gasteiger charge is -2.39. The molecule has 4 aliphatic heterocycles. The number of halogens is 1. The van der Waals surface area contributed by atoms with Crippen molar-refractivity contribution in [2.45, 2.75) is 44.1 Å². The average molecular weight is 668 g/mol. The molecule has 4 heterocycles. The number of anilines is 2. The van der Waals surface area contributed by atoms with E-state index in [1.54, 1.807) is 21.9 Å². The van der Waals surface area contributed by atoms with Crippen LogP contribution in [0.2, 0.25) is 5.02 Å². The molecule has 6 atom stereocenters. The number of rotatable bonds is 8. The molecule has 0 bridgehead atoms. The molecule has 3 aromatic rings. The number of carbonyl (C=O) groups is 3. The third kappa shape index (κ3) is 5.21. The van der Waals surface area contributed by atoms with E-state index < -0.39 is 41.5 Å². The standard InChI is InChI=1S/C38H38ClN3O6/c1-3-47-28-17-15-26(16-18-28)40-20-8-14-30-31(35(40)44)32-36(45)42(27(23-43)22-25-11-5-4-6-12-25)34-37(46)41(21-9-19-38(32,34)48-30)33-24(2)10-7-13-29(33)39/h4-19,27,30-32,34,43H,3,20-23H2,1-2H3/t27-,30-,31+,32+,34?,38+/m1/s1. The molecule has 3 aromatic carbocycles. The van der Waals surface area contributed by atoms with Crippen molar-refractivity contribution in [2.75, 3.05) is 36.1 Å². The van der Waals surface area contributed by atoms with Gasteiger partial charge in [-0.15, -0.1) is 0 Å². The van der Waals surface area contributed by atoms with Gasteiger partial charge in [-0.25, -0.2) is 0 Å². The Morgan fingerprint density at radius 1 is 0.938 bits per heavy atom. The highest BCUT2D eigenvalue weighted by Gasteiger charge is 2.72. The predicted octanol–water partition coefficient (Wildman–Crippen LogP) is 4.74. The summed E-state index contributed by atoms with van der Waals surface area (Å²) in [6, 6.07) is 20.4. The predicted molar refractivity (Wildman–Crippen MR) is 183 cm³/mol. The number of likely N-dealkylation sites (tertiary alicyclic amines) is 1. The Bertz CT molecular complexity index is 1760. The zero-order valence-electron chi connectivity index (χ0n) is 26.9. The van der Waals surface area contributed by atoms with Gasteiger partial charge in [0.05, 0.1) is 47.9 Å². The maximum absolute atomic E-state index is 15.0. The minimum absolute atomic E-state index is 0.194. The van der Waals surface area contributed by atoms with Crippen molar-refractivity contribution in [1.29, 1.82) is 0 Å². The number of hydrogen-bond donors (Lipinski definition) is 1. The highest BCUT2D eigenvalue weighted by atomic mass is 35.5. The molecule has 1 unspecified atom stereocenters. The topological polar surface area (TPSA) is 99.6 Å². The molecule has 0 radical (unpaired) electrons. The molecule has 7 rings (SSSR count). The summed E-state index contributed by atoms with van der Waals surface area (Å²) in [5.74, 6) is -2.26. The molecule has 0 aliphatic carbocycles. The van der Waals surface area contributed by atoms with Crippen molar-refractivity contribution < 1.29 is 29.0 Å². The molecule has 10 heteroatoms. The number of nitrogens with zero attached hydrogens (tertiary/aromatic N) is 3. The van der Waals surface area contributed by atoms with Crippen LogP contribution in [0.25, 0.3) is 0 Å². The average Bonchev–Trinajstić information content (AvgIpc) is 3.41. The second kappa shape index (κ2) is 12.9. The van der Waals surface area contributed by atoms with Gasteiger partial charge in [-0.2, -0.15) is 0 Å². The summed E-state index contributed by atoms with van der Waals surface area (Å²) in [7, 11) is 0. The van der Waals surface area contributed by atoms with Crippen LogP contribution in [0.4, 0.5) is 11.4 Å². The van der Waals surface area contributed by atoms with Gasteiger partial charge in [-0.3, -0.25) is 14.4 Å². The third-order valence-electron chi connectivity index (χ3n) is 9.93. The van der Waals surface area contributed by atoms with Crippen molar-refractivity contribution in [3.63, 3.8) is 0 Å². The highest BCUT2D eigenvalue weighted by Crippen LogP contribution is 2.54. The first kappa shape index (κ1) is 32.1. The van der Waals surface area contributed by atoms with Crippen LogP contribution in [0.5, 0.6) is 5.75 Å². The first-order valence-electron chi connectivity index (χ1n) is 16.4. The summed E-state index contributed by atoms with van der Waals surface area (Å²) < 4.78 is 12.4. The van der Waals surface area contributed by atoms with Crippen molar-refractivity contribution in [3.8, 4) is 5.75 Å². The van der Waals surface area contributed by atoms with Gasteiger partial charge < -0.3 is 29.3 Å². The van der Waals surface area contributed by atoms with Gasteiger partial charge in [-0.1, -0.05) is 78.4 Å². The molecule has 9 nitrogen and oxygen atoms in total. The van der Waals surface area contributed by atoms with Crippen molar-refractivity contribution in [2.24, 2.45) is 11.8 Å². The van der Waals surface area contributed by atoms with Crippen LogP contribution in [0.1, 0.15) is 18.1 Å².